The number of nitrogens with zero attached hydrogens (tertiary/aromatic N) is 2. The van der Waals surface area contributed by atoms with E-state index in [1.165, 1.54) is 6.21 Å². The Bertz CT molecular complexity index is 1200. The molecule has 9 heteroatoms. The number of amides is 1. The molecule has 0 spiro atoms. The lowest BCUT2D eigenvalue weighted by Gasteiger charge is -2.08. The predicted octanol–water partition coefficient (Wildman–Crippen LogP) is 4.83. The van der Waals surface area contributed by atoms with Gasteiger partial charge in [0.2, 0.25) is 0 Å². The zero-order valence-electron chi connectivity index (χ0n) is 16.4. The standard InChI is InChI=1S/C23H15Br2N3O4/c24-18-7-5-15(6-8-18)23(30)32-21-10-9-19(25)11-17(21)13-27-28-22(29)14-31-20-4-2-1-3-16(20)12-26/h1-11,13H,14H2,(H,28,29). The van der Waals surface area contributed by atoms with Crippen LogP contribution in [0.2, 0.25) is 0 Å². The Hall–Kier alpha value is -3.48. The maximum Gasteiger partial charge on any atom is 0.343 e. The number of ether oxygens (including phenoxy) is 2. The van der Waals surface area contributed by atoms with Crippen molar-refractivity contribution in [1.29, 1.82) is 5.26 Å². The number of carbonyl (C=O) groups is 2. The fourth-order valence-corrected chi connectivity index (χ4v) is 3.14. The number of nitriles is 1. The van der Waals surface area contributed by atoms with Crippen LogP contribution in [0.1, 0.15) is 21.5 Å². The summed E-state index contributed by atoms with van der Waals surface area (Å²) in [6, 6.07) is 20.4. The van der Waals surface area contributed by atoms with Crippen LogP contribution < -0.4 is 14.9 Å². The summed E-state index contributed by atoms with van der Waals surface area (Å²) >= 11 is 6.68. The molecule has 1 amide bonds. The van der Waals surface area contributed by atoms with Crippen LogP contribution in [0.4, 0.5) is 0 Å². The quantitative estimate of drug-likeness (QED) is 0.194. The molecule has 3 aromatic rings. The molecule has 0 aliphatic rings. The number of halogens is 2. The summed E-state index contributed by atoms with van der Waals surface area (Å²) in [5.41, 5.74) is 3.53. The Morgan fingerprint density at radius 2 is 1.72 bits per heavy atom. The van der Waals surface area contributed by atoms with Crippen molar-refractivity contribution >= 4 is 50.0 Å². The number of esters is 1. The van der Waals surface area contributed by atoms with Crippen LogP contribution in [0.5, 0.6) is 11.5 Å². The first-order chi connectivity index (χ1) is 15.5. The number of nitrogens with one attached hydrogen (secondary N) is 1. The molecular weight excluding hydrogens is 542 g/mol. The van der Waals surface area contributed by atoms with Gasteiger partial charge in [0.1, 0.15) is 17.6 Å². The second-order valence-corrected chi connectivity index (χ2v) is 8.10. The number of hydrogen-bond acceptors (Lipinski definition) is 6. The molecule has 0 heterocycles. The fraction of sp³-hybridized carbons (Fsp3) is 0.0435. The van der Waals surface area contributed by atoms with Gasteiger partial charge in [0, 0.05) is 14.5 Å². The van der Waals surface area contributed by atoms with Crippen molar-refractivity contribution in [2.24, 2.45) is 5.10 Å². The number of benzene rings is 3. The van der Waals surface area contributed by atoms with Crippen molar-refractivity contribution in [3.05, 3.63) is 92.4 Å². The van der Waals surface area contributed by atoms with Gasteiger partial charge in [0.05, 0.1) is 17.3 Å². The Labute approximate surface area is 200 Å². The summed E-state index contributed by atoms with van der Waals surface area (Å²) in [7, 11) is 0. The van der Waals surface area contributed by atoms with E-state index in [9.17, 15) is 9.59 Å². The van der Waals surface area contributed by atoms with Crippen molar-refractivity contribution in [3.8, 4) is 17.6 Å². The topological polar surface area (TPSA) is 101 Å². The van der Waals surface area contributed by atoms with Crippen molar-refractivity contribution in [1.82, 2.24) is 5.43 Å². The minimum Gasteiger partial charge on any atom is -0.482 e. The second-order valence-electron chi connectivity index (χ2n) is 6.27. The number of rotatable bonds is 7. The third-order valence-corrected chi connectivity index (χ3v) is 5.04. The van der Waals surface area contributed by atoms with Crippen LogP contribution in [0.25, 0.3) is 0 Å². The first-order valence-electron chi connectivity index (χ1n) is 9.17. The van der Waals surface area contributed by atoms with Gasteiger partial charge in [-0.1, -0.05) is 44.0 Å². The molecule has 0 saturated carbocycles. The second kappa shape index (κ2) is 11.2. The minimum atomic E-state index is -0.525. The van der Waals surface area contributed by atoms with Gasteiger partial charge in [0.15, 0.2) is 6.61 Å². The van der Waals surface area contributed by atoms with Gasteiger partial charge in [-0.2, -0.15) is 10.4 Å². The zero-order valence-corrected chi connectivity index (χ0v) is 19.6. The Morgan fingerprint density at radius 1 is 1.00 bits per heavy atom. The molecule has 0 fully saturated rings. The van der Waals surface area contributed by atoms with Gasteiger partial charge >= 0.3 is 5.97 Å². The SMILES string of the molecule is N#Cc1ccccc1OCC(=O)NN=Cc1cc(Br)ccc1OC(=O)c1ccc(Br)cc1. The predicted molar refractivity (Wildman–Crippen MR) is 126 cm³/mol. The summed E-state index contributed by atoms with van der Waals surface area (Å²) < 4.78 is 12.4. The highest BCUT2D eigenvalue weighted by Crippen LogP contribution is 2.23. The van der Waals surface area contributed by atoms with Crippen LogP contribution in [0.15, 0.2) is 80.8 Å². The summed E-state index contributed by atoms with van der Waals surface area (Å²) in [6.07, 6.45) is 1.36. The summed E-state index contributed by atoms with van der Waals surface area (Å²) in [4.78, 5) is 24.4. The van der Waals surface area contributed by atoms with Crippen molar-refractivity contribution < 1.29 is 19.1 Å². The molecule has 3 rings (SSSR count). The first-order valence-corrected chi connectivity index (χ1v) is 10.8. The lowest BCUT2D eigenvalue weighted by molar-refractivity contribution is -0.123. The highest BCUT2D eigenvalue weighted by atomic mass is 79.9. The van der Waals surface area contributed by atoms with Gasteiger partial charge in [-0.15, -0.1) is 0 Å². The number of para-hydroxylation sites is 1. The summed E-state index contributed by atoms with van der Waals surface area (Å²) in [5, 5.41) is 13.0. The Balaban J connectivity index is 1.63. The van der Waals surface area contributed by atoms with Gasteiger partial charge in [-0.3, -0.25) is 4.79 Å². The number of carbonyl (C=O) groups excluding carboxylic acids is 2. The smallest absolute Gasteiger partial charge is 0.343 e. The molecule has 0 unspecified atom stereocenters. The molecule has 0 atom stereocenters. The monoisotopic (exact) mass is 555 g/mol. The lowest BCUT2D eigenvalue weighted by atomic mass is 10.2. The van der Waals surface area contributed by atoms with E-state index in [0.717, 1.165) is 8.95 Å². The maximum atomic E-state index is 12.4. The average Bonchev–Trinajstić information content (AvgIpc) is 2.80. The lowest BCUT2D eigenvalue weighted by Crippen LogP contribution is -2.24. The summed E-state index contributed by atoms with van der Waals surface area (Å²) in [6.45, 7) is -0.320. The third kappa shape index (κ3) is 6.51. The van der Waals surface area contributed by atoms with Crippen LogP contribution >= 0.6 is 31.9 Å². The van der Waals surface area contributed by atoms with E-state index >= 15 is 0 Å². The van der Waals surface area contributed by atoms with Crippen LogP contribution in [-0.4, -0.2) is 24.7 Å². The largest absolute Gasteiger partial charge is 0.482 e. The first kappa shape index (κ1) is 23.2. The summed E-state index contributed by atoms with van der Waals surface area (Å²) in [5.74, 6) is -0.456. The molecule has 3 aromatic carbocycles. The third-order valence-electron chi connectivity index (χ3n) is 4.01. The fourth-order valence-electron chi connectivity index (χ4n) is 2.49. The van der Waals surface area contributed by atoms with Crippen molar-refractivity contribution in [3.63, 3.8) is 0 Å². The molecule has 0 radical (unpaired) electrons. The van der Waals surface area contributed by atoms with E-state index in [4.69, 9.17) is 14.7 Å². The maximum absolute atomic E-state index is 12.4. The van der Waals surface area contributed by atoms with Crippen LogP contribution in [0.3, 0.4) is 0 Å². The van der Waals surface area contributed by atoms with E-state index < -0.39 is 11.9 Å². The Kier molecular flexibility index (Phi) is 8.14. The van der Waals surface area contributed by atoms with Gasteiger partial charge in [-0.05, 0) is 54.6 Å². The van der Waals surface area contributed by atoms with E-state index in [1.807, 2.05) is 6.07 Å². The minimum absolute atomic E-state index is 0.276. The van der Waals surface area contributed by atoms with Gasteiger partial charge in [-0.25, -0.2) is 10.2 Å². The normalized spacial score (nSPS) is 10.4. The molecular formula is C23H15Br2N3O4. The van der Waals surface area contributed by atoms with Gasteiger partial charge < -0.3 is 9.47 Å². The molecule has 1 N–H and O–H groups in total. The number of hydrazone groups is 1. The average molecular weight is 557 g/mol. The van der Waals surface area contributed by atoms with Crippen LogP contribution in [0, 0.1) is 11.3 Å². The Morgan fingerprint density at radius 3 is 2.47 bits per heavy atom. The molecule has 0 aliphatic heterocycles. The number of hydrogen-bond donors (Lipinski definition) is 1. The molecule has 0 saturated heterocycles. The molecule has 7 nitrogen and oxygen atoms in total. The van der Waals surface area contributed by atoms with Crippen molar-refractivity contribution in [2.45, 2.75) is 0 Å². The van der Waals surface area contributed by atoms with Crippen LogP contribution in [-0.2, 0) is 4.79 Å². The van der Waals surface area contributed by atoms with Crippen molar-refractivity contribution in [2.75, 3.05) is 6.61 Å². The van der Waals surface area contributed by atoms with E-state index in [-0.39, 0.29) is 12.4 Å². The highest BCUT2D eigenvalue weighted by Gasteiger charge is 2.12. The van der Waals surface area contributed by atoms with E-state index in [2.05, 4.69) is 42.4 Å². The zero-order chi connectivity index (χ0) is 22.9. The molecule has 160 valence electrons. The molecule has 0 aliphatic carbocycles. The van der Waals surface area contributed by atoms with Gasteiger partial charge in [0.25, 0.3) is 5.91 Å². The van der Waals surface area contributed by atoms with E-state index in [0.29, 0.717) is 22.4 Å². The molecule has 32 heavy (non-hydrogen) atoms. The van der Waals surface area contributed by atoms with E-state index in [1.54, 1.807) is 66.7 Å². The molecule has 0 bridgehead atoms. The molecule has 0 aromatic heterocycles. The highest BCUT2D eigenvalue weighted by molar-refractivity contribution is 9.10.